The van der Waals surface area contributed by atoms with Crippen LogP contribution in [0.3, 0.4) is 0 Å². The van der Waals surface area contributed by atoms with Crippen LogP contribution < -0.4 is 5.32 Å². The average molecular weight is 286 g/mol. The van der Waals surface area contributed by atoms with Crippen molar-refractivity contribution in [3.8, 4) is 0 Å². The van der Waals surface area contributed by atoms with Gasteiger partial charge in [-0.3, -0.25) is 0 Å². The zero-order valence-corrected chi connectivity index (χ0v) is 12.3. The van der Waals surface area contributed by atoms with Gasteiger partial charge in [0.1, 0.15) is 11.3 Å². The van der Waals surface area contributed by atoms with Crippen molar-refractivity contribution in [1.82, 2.24) is 19.9 Å². The highest BCUT2D eigenvalue weighted by atomic mass is 16.5. The lowest BCUT2D eigenvalue weighted by Crippen LogP contribution is -2.30. The maximum Gasteiger partial charge on any atom is 0.160 e. The standard InChI is InChI=1S/C16H22N4O/c1-3-13(9-17-6-1)15-19-14-4-2-7-18-16(14)20(15)10-12-5-8-21-11-12/h2,4,7,12-13,17H,1,3,5-6,8-11H2. The van der Waals surface area contributed by atoms with Crippen LogP contribution in [0.25, 0.3) is 11.2 Å². The van der Waals surface area contributed by atoms with Gasteiger partial charge in [0.05, 0.1) is 6.61 Å². The lowest BCUT2D eigenvalue weighted by Gasteiger charge is -2.24. The van der Waals surface area contributed by atoms with Crippen LogP contribution in [0.1, 0.15) is 31.0 Å². The lowest BCUT2D eigenvalue weighted by atomic mass is 9.98. The third-order valence-electron chi connectivity index (χ3n) is 4.66. The molecular weight excluding hydrogens is 264 g/mol. The largest absolute Gasteiger partial charge is 0.381 e. The lowest BCUT2D eigenvalue weighted by molar-refractivity contribution is 0.182. The van der Waals surface area contributed by atoms with Crippen molar-refractivity contribution in [2.24, 2.45) is 5.92 Å². The Morgan fingerprint density at radius 2 is 2.38 bits per heavy atom. The molecule has 4 heterocycles. The maximum absolute atomic E-state index is 5.54. The van der Waals surface area contributed by atoms with E-state index < -0.39 is 0 Å². The van der Waals surface area contributed by atoms with E-state index in [0.717, 1.165) is 50.4 Å². The van der Waals surface area contributed by atoms with E-state index in [1.165, 1.54) is 18.7 Å². The molecular formula is C16H22N4O. The van der Waals surface area contributed by atoms with Crippen LogP contribution in [0.4, 0.5) is 0 Å². The molecule has 21 heavy (non-hydrogen) atoms. The van der Waals surface area contributed by atoms with Gasteiger partial charge in [0.15, 0.2) is 5.65 Å². The van der Waals surface area contributed by atoms with Gasteiger partial charge in [0.2, 0.25) is 0 Å². The Morgan fingerprint density at radius 3 is 3.19 bits per heavy atom. The van der Waals surface area contributed by atoms with Gasteiger partial charge in [-0.15, -0.1) is 0 Å². The van der Waals surface area contributed by atoms with Crippen molar-refractivity contribution in [1.29, 1.82) is 0 Å². The quantitative estimate of drug-likeness (QED) is 0.937. The average Bonchev–Trinajstić information content (AvgIpc) is 3.17. The number of piperidine rings is 1. The number of hydrogen-bond acceptors (Lipinski definition) is 4. The van der Waals surface area contributed by atoms with Gasteiger partial charge in [-0.1, -0.05) is 0 Å². The summed E-state index contributed by atoms with van der Waals surface area (Å²) in [6, 6.07) is 4.05. The molecule has 2 unspecified atom stereocenters. The molecule has 4 rings (SSSR count). The van der Waals surface area contributed by atoms with Gasteiger partial charge in [0.25, 0.3) is 0 Å². The van der Waals surface area contributed by atoms with E-state index in [0.29, 0.717) is 11.8 Å². The summed E-state index contributed by atoms with van der Waals surface area (Å²) in [4.78, 5) is 9.48. The zero-order chi connectivity index (χ0) is 14.1. The Bertz CT molecular complexity index is 612. The van der Waals surface area contributed by atoms with E-state index in [2.05, 4.69) is 20.9 Å². The smallest absolute Gasteiger partial charge is 0.160 e. The molecule has 2 aromatic rings. The highest BCUT2D eigenvalue weighted by molar-refractivity contribution is 5.71. The molecule has 2 saturated heterocycles. The second-order valence-corrected chi connectivity index (χ2v) is 6.20. The summed E-state index contributed by atoms with van der Waals surface area (Å²) in [5.74, 6) is 2.32. The highest BCUT2D eigenvalue weighted by Gasteiger charge is 2.25. The Kier molecular flexibility index (Phi) is 3.61. The van der Waals surface area contributed by atoms with Crippen molar-refractivity contribution in [3.63, 3.8) is 0 Å². The summed E-state index contributed by atoms with van der Waals surface area (Å²) in [7, 11) is 0. The van der Waals surface area contributed by atoms with Crippen LogP contribution in [-0.2, 0) is 11.3 Å². The molecule has 0 bridgehead atoms. The molecule has 5 heteroatoms. The van der Waals surface area contributed by atoms with Crippen molar-refractivity contribution in [2.75, 3.05) is 26.3 Å². The van der Waals surface area contributed by atoms with E-state index in [1.54, 1.807) is 0 Å². The molecule has 0 spiro atoms. The first-order chi connectivity index (χ1) is 10.4. The molecule has 0 saturated carbocycles. The fourth-order valence-corrected chi connectivity index (χ4v) is 3.53. The van der Waals surface area contributed by atoms with E-state index in [9.17, 15) is 0 Å². The second kappa shape index (κ2) is 5.73. The SMILES string of the molecule is c1cnc2c(c1)nc(C1CCCNC1)n2CC1CCOC1. The Labute approximate surface area is 124 Å². The molecule has 0 amide bonds. The predicted molar refractivity (Wildman–Crippen MR) is 81.3 cm³/mol. The Hall–Kier alpha value is -1.46. The fourth-order valence-electron chi connectivity index (χ4n) is 3.53. The number of pyridine rings is 1. The summed E-state index contributed by atoms with van der Waals surface area (Å²) >= 11 is 0. The van der Waals surface area contributed by atoms with Crippen LogP contribution in [0, 0.1) is 5.92 Å². The van der Waals surface area contributed by atoms with Crippen LogP contribution >= 0.6 is 0 Å². The predicted octanol–water partition coefficient (Wildman–Crippen LogP) is 1.93. The van der Waals surface area contributed by atoms with E-state index >= 15 is 0 Å². The molecule has 2 aliphatic heterocycles. The van der Waals surface area contributed by atoms with Gasteiger partial charge in [-0.25, -0.2) is 9.97 Å². The van der Waals surface area contributed by atoms with E-state index in [4.69, 9.17) is 9.72 Å². The maximum atomic E-state index is 5.54. The third kappa shape index (κ3) is 2.56. The first-order valence-electron chi connectivity index (χ1n) is 8.01. The van der Waals surface area contributed by atoms with Gasteiger partial charge >= 0.3 is 0 Å². The van der Waals surface area contributed by atoms with Gasteiger partial charge in [-0.2, -0.15) is 0 Å². The molecule has 5 nitrogen and oxygen atoms in total. The third-order valence-corrected chi connectivity index (χ3v) is 4.66. The Balaban J connectivity index is 1.72. The number of nitrogens with one attached hydrogen (secondary N) is 1. The molecule has 2 fully saturated rings. The molecule has 0 aliphatic carbocycles. The van der Waals surface area contributed by atoms with Crippen LogP contribution in [0.15, 0.2) is 18.3 Å². The molecule has 0 radical (unpaired) electrons. The molecule has 2 aliphatic rings. The number of imidazole rings is 1. The number of nitrogens with zero attached hydrogens (tertiary/aromatic N) is 3. The summed E-state index contributed by atoms with van der Waals surface area (Å²) in [5, 5.41) is 3.50. The first kappa shape index (κ1) is 13.2. The first-order valence-corrected chi connectivity index (χ1v) is 8.01. The number of fused-ring (bicyclic) bond motifs is 1. The summed E-state index contributed by atoms with van der Waals surface area (Å²) < 4.78 is 7.89. The number of ether oxygens (including phenoxy) is 1. The monoisotopic (exact) mass is 286 g/mol. The Morgan fingerprint density at radius 1 is 1.38 bits per heavy atom. The van der Waals surface area contributed by atoms with E-state index in [1.807, 2.05) is 12.3 Å². The molecule has 2 aromatic heterocycles. The second-order valence-electron chi connectivity index (χ2n) is 6.20. The normalized spacial score (nSPS) is 26.5. The van der Waals surface area contributed by atoms with Crippen molar-refractivity contribution in [3.05, 3.63) is 24.2 Å². The minimum atomic E-state index is 0.510. The van der Waals surface area contributed by atoms with Gasteiger partial charge < -0.3 is 14.6 Å². The number of hydrogen-bond donors (Lipinski definition) is 1. The number of aromatic nitrogens is 3. The zero-order valence-electron chi connectivity index (χ0n) is 12.3. The molecule has 0 aromatic carbocycles. The van der Waals surface area contributed by atoms with Crippen LogP contribution in [-0.4, -0.2) is 40.8 Å². The minimum absolute atomic E-state index is 0.510. The summed E-state index contributed by atoms with van der Waals surface area (Å²) in [5.41, 5.74) is 2.06. The van der Waals surface area contributed by atoms with Gasteiger partial charge in [0, 0.05) is 37.7 Å². The summed E-state index contributed by atoms with van der Waals surface area (Å²) in [6.07, 6.45) is 5.47. The topological polar surface area (TPSA) is 52.0 Å². The van der Waals surface area contributed by atoms with Crippen LogP contribution in [0.2, 0.25) is 0 Å². The summed E-state index contributed by atoms with van der Waals surface area (Å²) in [6.45, 7) is 4.91. The van der Waals surface area contributed by atoms with E-state index in [-0.39, 0.29) is 0 Å². The van der Waals surface area contributed by atoms with Crippen LogP contribution in [0.5, 0.6) is 0 Å². The number of rotatable bonds is 3. The molecule has 1 N–H and O–H groups in total. The van der Waals surface area contributed by atoms with Gasteiger partial charge in [-0.05, 0) is 37.9 Å². The van der Waals surface area contributed by atoms with Crippen molar-refractivity contribution >= 4 is 11.2 Å². The molecule has 2 atom stereocenters. The minimum Gasteiger partial charge on any atom is -0.381 e. The van der Waals surface area contributed by atoms with Crippen molar-refractivity contribution < 1.29 is 4.74 Å². The molecule has 112 valence electrons. The van der Waals surface area contributed by atoms with Crippen molar-refractivity contribution in [2.45, 2.75) is 31.7 Å². The fraction of sp³-hybridized carbons (Fsp3) is 0.625. The highest BCUT2D eigenvalue weighted by Crippen LogP contribution is 2.28.